The van der Waals surface area contributed by atoms with Gasteiger partial charge in [0.25, 0.3) is 0 Å². The van der Waals surface area contributed by atoms with Gasteiger partial charge in [-0.25, -0.2) is 0 Å². The first-order chi connectivity index (χ1) is 10.4. The van der Waals surface area contributed by atoms with Crippen LogP contribution in [0.3, 0.4) is 0 Å². The van der Waals surface area contributed by atoms with E-state index in [0.717, 1.165) is 0 Å². The average Bonchev–Trinajstić information content (AvgIpc) is 2.79. The summed E-state index contributed by atoms with van der Waals surface area (Å²) in [7, 11) is 0. The van der Waals surface area contributed by atoms with Crippen molar-refractivity contribution < 1.29 is 28.5 Å². The molecule has 22 heavy (non-hydrogen) atoms. The number of rotatable bonds is 9. The summed E-state index contributed by atoms with van der Waals surface area (Å²) in [6.07, 6.45) is -0.357. The first-order valence-corrected chi connectivity index (χ1v) is 8.50. The van der Waals surface area contributed by atoms with Crippen molar-refractivity contribution in [3.05, 3.63) is 0 Å². The SMILES string of the molecule is CC(COC1(C)COCC1OC(=O)CCS)OC(=O)CCS. The van der Waals surface area contributed by atoms with Gasteiger partial charge in [0.15, 0.2) is 6.10 Å². The summed E-state index contributed by atoms with van der Waals surface area (Å²) in [4.78, 5) is 23.0. The third kappa shape index (κ3) is 6.36. The normalized spacial score (nSPS) is 25.7. The summed E-state index contributed by atoms with van der Waals surface area (Å²) in [6, 6.07) is 0. The Hall–Kier alpha value is -0.440. The number of ether oxygens (including phenoxy) is 4. The van der Waals surface area contributed by atoms with Gasteiger partial charge in [-0.3, -0.25) is 9.59 Å². The molecule has 0 aromatic carbocycles. The molecule has 0 spiro atoms. The molecular weight excluding hydrogens is 328 g/mol. The zero-order valence-corrected chi connectivity index (χ0v) is 14.7. The van der Waals surface area contributed by atoms with Crippen molar-refractivity contribution in [1.82, 2.24) is 0 Å². The van der Waals surface area contributed by atoms with Crippen LogP contribution in [-0.4, -0.2) is 61.1 Å². The average molecular weight is 352 g/mol. The molecule has 0 aromatic rings. The zero-order valence-electron chi connectivity index (χ0n) is 12.9. The fourth-order valence-electron chi connectivity index (χ4n) is 1.96. The molecule has 1 aliphatic rings. The van der Waals surface area contributed by atoms with Gasteiger partial charge in [-0.2, -0.15) is 25.3 Å². The van der Waals surface area contributed by atoms with Gasteiger partial charge in [0.05, 0.1) is 32.7 Å². The van der Waals surface area contributed by atoms with Gasteiger partial charge in [-0.15, -0.1) is 0 Å². The van der Waals surface area contributed by atoms with Crippen LogP contribution in [0.5, 0.6) is 0 Å². The van der Waals surface area contributed by atoms with Crippen LogP contribution in [0.4, 0.5) is 0 Å². The molecule has 0 amide bonds. The van der Waals surface area contributed by atoms with Crippen molar-refractivity contribution in [2.75, 3.05) is 31.3 Å². The highest BCUT2D eigenvalue weighted by molar-refractivity contribution is 7.80. The Labute approximate surface area is 142 Å². The molecule has 0 aromatic heterocycles. The predicted octanol–water partition coefficient (Wildman–Crippen LogP) is 1.28. The number of hydrogen-bond donors (Lipinski definition) is 2. The number of carbonyl (C=O) groups excluding carboxylic acids is 2. The van der Waals surface area contributed by atoms with Gasteiger partial charge in [0, 0.05) is 11.5 Å². The maximum atomic E-state index is 11.6. The zero-order chi connectivity index (χ0) is 16.6. The second kappa shape index (κ2) is 9.64. The molecule has 8 heteroatoms. The van der Waals surface area contributed by atoms with Gasteiger partial charge in [0.1, 0.15) is 11.7 Å². The van der Waals surface area contributed by atoms with E-state index in [1.54, 1.807) is 6.92 Å². The van der Waals surface area contributed by atoms with Crippen molar-refractivity contribution in [3.8, 4) is 0 Å². The number of hydrogen-bond acceptors (Lipinski definition) is 8. The predicted molar refractivity (Wildman–Crippen MR) is 87.6 cm³/mol. The maximum Gasteiger partial charge on any atom is 0.307 e. The van der Waals surface area contributed by atoms with Crippen LogP contribution in [0, 0.1) is 0 Å². The number of thiol groups is 2. The lowest BCUT2D eigenvalue weighted by Crippen LogP contribution is -2.45. The van der Waals surface area contributed by atoms with E-state index < -0.39 is 17.8 Å². The Morgan fingerprint density at radius 1 is 1.27 bits per heavy atom. The van der Waals surface area contributed by atoms with E-state index >= 15 is 0 Å². The summed E-state index contributed by atoms with van der Waals surface area (Å²) in [6.45, 7) is 4.39. The highest BCUT2D eigenvalue weighted by Crippen LogP contribution is 2.26. The van der Waals surface area contributed by atoms with Crippen molar-refractivity contribution >= 4 is 37.2 Å². The molecule has 1 rings (SSSR count). The number of esters is 2. The summed E-state index contributed by atoms with van der Waals surface area (Å²) in [5.41, 5.74) is -0.740. The van der Waals surface area contributed by atoms with E-state index in [-0.39, 0.29) is 31.4 Å². The standard InChI is InChI=1S/C14H24O6S2/c1-10(19-12(15)3-5-21)7-18-14(2)9-17-8-11(14)20-13(16)4-6-22/h10-11,21-22H,3-9H2,1-2H3. The first kappa shape index (κ1) is 19.6. The molecule has 1 heterocycles. The summed E-state index contributed by atoms with van der Waals surface area (Å²) in [5, 5.41) is 0. The Morgan fingerprint density at radius 3 is 2.55 bits per heavy atom. The number of carbonyl (C=O) groups is 2. The van der Waals surface area contributed by atoms with Crippen LogP contribution in [0.2, 0.25) is 0 Å². The van der Waals surface area contributed by atoms with Crippen LogP contribution < -0.4 is 0 Å². The Kier molecular flexibility index (Phi) is 8.59. The van der Waals surface area contributed by atoms with Crippen LogP contribution in [0.15, 0.2) is 0 Å². The molecule has 3 unspecified atom stereocenters. The van der Waals surface area contributed by atoms with Crippen molar-refractivity contribution in [2.45, 2.75) is 44.5 Å². The molecule has 3 atom stereocenters. The molecule has 0 saturated carbocycles. The second-order valence-electron chi connectivity index (χ2n) is 5.36. The minimum absolute atomic E-state index is 0.207. The third-order valence-electron chi connectivity index (χ3n) is 3.22. The largest absolute Gasteiger partial charge is 0.460 e. The molecular formula is C14H24O6S2. The molecule has 0 radical (unpaired) electrons. The van der Waals surface area contributed by atoms with E-state index in [4.69, 9.17) is 18.9 Å². The van der Waals surface area contributed by atoms with Gasteiger partial charge >= 0.3 is 11.9 Å². The Bertz CT molecular complexity index is 378. The van der Waals surface area contributed by atoms with E-state index in [1.165, 1.54) is 0 Å². The third-order valence-corrected chi connectivity index (χ3v) is 3.67. The van der Waals surface area contributed by atoms with Gasteiger partial charge < -0.3 is 18.9 Å². The lowest BCUT2D eigenvalue weighted by molar-refractivity contribution is -0.170. The molecule has 0 bridgehead atoms. The summed E-state index contributed by atoms with van der Waals surface area (Å²) < 4.78 is 21.7. The Morgan fingerprint density at radius 2 is 1.91 bits per heavy atom. The van der Waals surface area contributed by atoms with E-state index in [2.05, 4.69) is 25.3 Å². The molecule has 1 aliphatic heterocycles. The quantitative estimate of drug-likeness (QED) is 0.481. The molecule has 1 saturated heterocycles. The van der Waals surface area contributed by atoms with Crippen LogP contribution in [0.1, 0.15) is 26.7 Å². The minimum Gasteiger partial charge on any atom is -0.460 e. The fraction of sp³-hybridized carbons (Fsp3) is 0.857. The molecule has 0 aliphatic carbocycles. The van der Waals surface area contributed by atoms with Gasteiger partial charge in [-0.1, -0.05) is 0 Å². The lowest BCUT2D eigenvalue weighted by atomic mass is 10.0. The minimum atomic E-state index is -0.740. The highest BCUT2D eigenvalue weighted by Gasteiger charge is 2.44. The maximum absolute atomic E-state index is 11.6. The van der Waals surface area contributed by atoms with Crippen LogP contribution in [-0.2, 0) is 28.5 Å². The van der Waals surface area contributed by atoms with E-state index in [0.29, 0.717) is 24.7 Å². The lowest BCUT2D eigenvalue weighted by Gasteiger charge is -2.30. The molecule has 128 valence electrons. The van der Waals surface area contributed by atoms with Gasteiger partial charge in [-0.05, 0) is 13.8 Å². The Balaban J connectivity index is 2.44. The smallest absolute Gasteiger partial charge is 0.307 e. The van der Waals surface area contributed by atoms with E-state index in [9.17, 15) is 9.59 Å². The fourth-order valence-corrected chi connectivity index (χ4v) is 2.32. The van der Waals surface area contributed by atoms with Crippen molar-refractivity contribution in [2.24, 2.45) is 0 Å². The molecule has 1 fully saturated rings. The summed E-state index contributed by atoms with van der Waals surface area (Å²) >= 11 is 7.98. The first-order valence-electron chi connectivity index (χ1n) is 7.23. The topological polar surface area (TPSA) is 71.1 Å². The monoisotopic (exact) mass is 352 g/mol. The second-order valence-corrected chi connectivity index (χ2v) is 6.26. The molecule has 6 nitrogen and oxygen atoms in total. The molecule has 0 N–H and O–H groups in total. The summed E-state index contributed by atoms with van der Waals surface area (Å²) in [5.74, 6) is 0.243. The van der Waals surface area contributed by atoms with Crippen LogP contribution >= 0.6 is 25.3 Å². The van der Waals surface area contributed by atoms with Crippen LogP contribution in [0.25, 0.3) is 0 Å². The van der Waals surface area contributed by atoms with Crippen molar-refractivity contribution in [1.29, 1.82) is 0 Å². The van der Waals surface area contributed by atoms with E-state index in [1.807, 2.05) is 6.92 Å². The van der Waals surface area contributed by atoms with Crippen molar-refractivity contribution in [3.63, 3.8) is 0 Å². The highest BCUT2D eigenvalue weighted by atomic mass is 32.1. The van der Waals surface area contributed by atoms with Gasteiger partial charge in [0.2, 0.25) is 0 Å².